The monoisotopic (exact) mass is 402 g/mol. The fraction of sp³-hybridized carbons (Fsp3) is 0.364. The first-order valence-corrected chi connectivity index (χ1v) is 9.20. The van der Waals surface area contributed by atoms with Crippen molar-refractivity contribution in [1.29, 1.82) is 0 Å². The molecule has 0 aliphatic heterocycles. The SMILES string of the molecule is COC(Cc1ccc(OCCc2ccc(OC(C)(C)C(=O)O)cc2)cc1)C(=O)O. The number of aliphatic carboxylic acids is 2. The topological polar surface area (TPSA) is 102 Å². The zero-order valence-electron chi connectivity index (χ0n) is 16.8. The summed E-state index contributed by atoms with van der Waals surface area (Å²) in [7, 11) is 1.38. The molecular weight excluding hydrogens is 376 g/mol. The fourth-order valence-electron chi connectivity index (χ4n) is 2.56. The van der Waals surface area contributed by atoms with Gasteiger partial charge in [0.05, 0.1) is 6.61 Å². The lowest BCUT2D eigenvalue weighted by Gasteiger charge is -2.21. The van der Waals surface area contributed by atoms with Crippen LogP contribution in [-0.2, 0) is 27.2 Å². The van der Waals surface area contributed by atoms with Crippen LogP contribution in [-0.4, -0.2) is 47.6 Å². The molecule has 2 aromatic carbocycles. The standard InChI is InChI=1S/C22H26O7/c1-22(2,21(25)26)29-18-10-4-15(5-11-18)12-13-28-17-8-6-16(7-9-17)14-19(27-3)20(23)24/h4-11,19H,12-14H2,1-3H3,(H,23,24)(H,25,26). The van der Waals surface area contributed by atoms with E-state index in [0.717, 1.165) is 11.1 Å². The molecule has 29 heavy (non-hydrogen) atoms. The number of methoxy groups -OCH3 is 1. The zero-order valence-corrected chi connectivity index (χ0v) is 16.8. The van der Waals surface area contributed by atoms with Crippen LogP contribution in [0.4, 0.5) is 0 Å². The Bertz CT molecular complexity index is 810. The fourth-order valence-corrected chi connectivity index (χ4v) is 2.56. The highest BCUT2D eigenvalue weighted by Gasteiger charge is 2.29. The second-order valence-corrected chi connectivity index (χ2v) is 7.07. The van der Waals surface area contributed by atoms with Gasteiger partial charge in [-0.25, -0.2) is 9.59 Å². The summed E-state index contributed by atoms with van der Waals surface area (Å²) in [6.07, 6.45) is 0.101. The molecule has 1 unspecified atom stereocenters. The Kier molecular flexibility index (Phi) is 7.61. The van der Waals surface area contributed by atoms with Crippen LogP contribution in [0.3, 0.4) is 0 Å². The Morgan fingerprint density at radius 2 is 1.48 bits per heavy atom. The van der Waals surface area contributed by atoms with Crippen LogP contribution in [0.2, 0.25) is 0 Å². The van der Waals surface area contributed by atoms with Crippen molar-refractivity contribution in [2.75, 3.05) is 13.7 Å². The van der Waals surface area contributed by atoms with Crippen molar-refractivity contribution >= 4 is 11.9 Å². The Labute approximate surface area is 169 Å². The van der Waals surface area contributed by atoms with E-state index in [0.29, 0.717) is 30.9 Å². The summed E-state index contributed by atoms with van der Waals surface area (Å²) in [5.41, 5.74) is 0.600. The maximum atomic E-state index is 11.1. The van der Waals surface area contributed by atoms with Gasteiger partial charge in [-0.1, -0.05) is 24.3 Å². The van der Waals surface area contributed by atoms with Crippen molar-refractivity contribution in [3.8, 4) is 11.5 Å². The van der Waals surface area contributed by atoms with E-state index >= 15 is 0 Å². The highest BCUT2D eigenvalue weighted by Crippen LogP contribution is 2.20. The quantitative estimate of drug-likeness (QED) is 0.595. The van der Waals surface area contributed by atoms with E-state index in [9.17, 15) is 9.59 Å². The predicted molar refractivity (Wildman–Crippen MR) is 107 cm³/mol. The molecule has 0 saturated carbocycles. The molecule has 7 nitrogen and oxygen atoms in total. The molecule has 156 valence electrons. The summed E-state index contributed by atoms with van der Waals surface area (Å²) in [6.45, 7) is 3.47. The molecule has 0 fully saturated rings. The van der Waals surface area contributed by atoms with E-state index in [4.69, 9.17) is 24.4 Å². The first-order valence-electron chi connectivity index (χ1n) is 9.20. The number of hydrogen-bond acceptors (Lipinski definition) is 5. The van der Waals surface area contributed by atoms with Gasteiger partial charge in [0.25, 0.3) is 0 Å². The van der Waals surface area contributed by atoms with Gasteiger partial charge in [-0.2, -0.15) is 0 Å². The van der Waals surface area contributed by atoms with Gasteiger partial charge in [-0.15, -0.1) is 0 Å². The minimum atomic E-state index is -1.29. The predicted octanol–water partition coefficient (Wildman–Crippen LogP) is 3.19. The van der Waals surface area contributed by atoms with Gasteiger partial charge in [-0.05, 0) is 49.2 Å². The summed E-state index contributed by atoms with van der Waals surface area (Å²) in [5.74, 6) is -0.827. The molecule has 0 heterocycles. The van der Waals surface area contributed by atoms with Crippen molar-refractivity contribution in [2.45, 2.75) is 38.4 Å². The molecule has 0 bridgehead atoms. The van der Waals surface area contributed by atoms with E-state index in [-0.39, 0.29) is 0 Å². The maximum absolute atomic E-state index is 11.1. The molecule has 2 rings (SSSR count). The van der Waals surface area contributed by atoms with Crippen LogP contribution in [0.1, 0.15) is 25.0 Å². The minimum Gasteiger partial charge on any atom is -0.493 e. The summed E-state index contributed by atoms with van der Waals surface area (Å²) in [6, 6.07) is 14.5. The Balaban J connectivity index is 1.82. The number of carboxylic acid groups (broad SMARTS) is 2. The van der Waals surface area contributed by atoms with Gasteiger partial charge >= 0.3 is 11.9 Å². The van der Waals surface area contributed by atoms with Gasteiger partial charge in [0, 0.05) is 20.0 Å². The molecule has 2 aromatic rings. The van der Waals surface area contributed by atoms with E-state index in [1.807, 2.05) is 24.3 Å². The summed E-state index contributed by atoms with van der Waals surface area (Å²) in [5, 5.41) is 18.1. The molecule has 0 saturated heterocycles. The molecule has 0 radical (unpaired) electrons. The number of carboxylic acids is 2. The number of rotatable bonds is 11. The largest absolute Gasteiger partial charge is 0.493 e. The summed E-state index contributed by atoms with van der Waals surface area (Å²) < 4.78 is 16.1. The number of hydrogen-bond donors (Lipinski definition) is 2. The normalized spacial score (nSPS) is 12.2. The Morgan fingerprint density at radius 3 is 2.00 bits per heavy atom. The lowest BCUT2D eigenvalue weighted by Crippen LogP contribution is -2.37. The van der Waals surface area contributed by atoms with Crippen LogP contribution < -0.4 is 9.47 Å². The zero-order chi connectivity index (χ0) is 21.4. The average molecular weight is 402 g/mol. The van der Waals surface area contributed by atoms with Crippen molar-refractivity contribution in [3.63, 3.8) is 0 Å². The lowest BCUT2D eigenvalue weighted by atomic mass is 10.1. The van der Waals surface area contributed by atoms with E-state index in [1.54, 1.807) is 24.3 Å². The molecular formula is C22H26O7. The molecule has 0 aromatic heterocycles. The van der Waals surface area contributed by atoms with Gasteiger partial charge in [0.1, 0.15) is 11.5 Å². The molecule has 2 N–H and O–H groups in total. The second-order valence-electron chi connectivity index (χ2n) is 7.07. The Hall–Kier alpha value is -3.06. The van der Waals surface area contributed by atoms with Gasteiger partial charge < -0.3 is 24.4 Å². The lowest BCUT2D eigenvalue weighted by molar-refractivity contribution is -0.152. The highest BCUT2D eigenvalue weighted by molar-refractivity contribution is 5.76. The van der Waals surface area contributed by atoms with E-state index < -0.39 is 23.6 Å². The molecule has 0 amide bonds. The summed E-state index contributed by atoms with van der Waals surface area (Å²) >= 11 is 0. The maximum Gasteiger partial charge on any atom is 0.347 e. The molecule has 7 heteroatoms. The first kappa shape index (κ1) is 22.2. The van der Waals surface area contributed by atoms with Gasteiger partial charge in [-0.3, -0.25) is 0 Å². The minimum absolute atomic E-state index is 0.291. The van der Waals surface area contributed by atoms with Crippen LogP contribution in [0.25, 0.3) is 0 Å². The van der Waals surface area contributed by atoms with Crippen molar-refractivity contribution in [3.05, 3.63) is 59.7 Å². The van der Waals surface area contributed by atoms with Crippen LogP contribution in [0.5, 0.6) is 11.5 Å². The third-order valence-electron chi connectivity index (χ3n) is 4.38. The van der Waals surface area contributed by atoms with E-state index in [2.05, 4.69) is 0 Å². The van der Waals surface area contributed by atoms with E-state index in [1.165, 1.54) is 21.0 Å². The second kappa shape index (κ2) is 9.93. The third-order valence-corrected chi connectivity index (χ3v) is 4.38. The van der Waals surface area contributed by atoms with Crippen molar-refractivity contribution < 1.29 is 34.0 Å². The van der Waals surface area contributed by atoms with Crippen molar-refractivity contribution in [2.24, 2.45) is 0 Å². The number of ether oxygens (including phenoxy) is 3. The molecule has 0 aliphatic rings. The molecule has 0 spiro atoms. The van der Waals surface area contributed by atoms with Gasteiger partial charge in [0.15, 0.2) is 11.7 Å². The molecule has 1 atom stereocenters. The number of benzene rings is 2. The third kappa shape index (κ3) is 6.80. The smallest absolute Gasteiger partial charge is 0.347 e. The number of carbonyl (C=O) groups is 2. The molecule has 0 aliphatic carbocycles. The summed E-state index contributed by atoms with van der Waals surface area (Å²) in [4.78, 5) is 22.1. The first-order chi connectivity index (χ1) is 13.7. The highest BCUT2D eigenvalue weighted by atomic mass is 16.5. The average Bonchev–Trinajstić information content (AvgIpc) is 2.68. The Morgan fingerprint density at radius 1 is 0.931 bits per heavy atom. The van der Waals surface area contributed by atoms with Crippen molar-refractivity contribution in [1.82, 2.24) is 0 Å². The van der Waals surface area contributed by atoms with Crippen LogP contribution >= 0.6 is 0 Å². The van der Waals surface area contributed by atoms with Crippen LogP contribution in [0.15, 0.2) is 48.5 Å². The van der Waals surface area contributed by atoms with Crippen LogP contribution in [0, 0.1) is 0 Å². The van der Waals surface area contributed by atoms with Gasteiger partial charge in [0.2, 0.25) is 0 Å².